The summed E-state index contributed by atoms with van der Waals surface area (Å²) in [5.41, 5.74) is 1.76. The van der Waals surface area contributed by atoms with E-state index in [1.54, 1.807) is 60.9 Å². The number of rotatable bonds is 4. The van der Waals surface area contributed by atoms with Gasteiger partial charge in [0.05, 0.1) is 6.26 Å². The van der Waals surface area contributed by atoms with Crippen LogP contribution in [0, 0.1) is 0 Å². The Kier molecular flexibility index (Phi) is 4.15. The highest BCUT2D eigenvalue weighted by atomic mass is 16.3. The van der Waals surface area contributed by atoms with E-state index in [0.717, 1.165) is 0 Å². The first-order valence-corrected chi connectivity index (χ1v) is 6.89. The van der Waals surface area contributed by atoms with Crippen LogP contribution in [0.25, 0.3) is 0 Å². The van der Waals surface area contributed by atoms with E-state index in [0.29, 0.717) is 16.9 Å². The summed E-state index contributed by atoms with van der Waals surface area (Å²) in [6.07, 6.45) is 4.55. The number of carbonyl (C=O) groups is 2. The van der Waals surface area contributed by atoms with Crippen molar-refractivity contribution in [3.8, 4) is 0 Å². The zero-order valence-electron chi connectivity index (χ0n) is 12.0. The van der Waals surface area contributed by atoms with Crippen molar-refractivity contribution >= 4 is 23.2 Å². The summed E-state index contributed by atoms with van der Waals surface area (Å²) in [6.45, 7) is 0. The Balaban J connectivity index is 1.63. The number of benzene rings is 1. The minimum absolute atomic E-state index is 0.222. The van der Waals surface area contributed by atoms with Gasteiger partial charge in [0.15, 0.2) is 5.76 Å². The van der Waals surface area contributed by atoms with Crippen molar-refractivity contribution in [2.45, 2.75) is 0 Å². The third-order valence-corrected chi connectivity index (χ3v) is 3.09. The molecule has 0 unspecified atom stereocenters. The largest absolute Gasteiger partial charge is 0.459 e. The molecule has 0 spiro atoms. The maximum atomic E-state index is 12.0. The van der Waals surface area contributed by atoms with Gasteiger partial charge in [-0.25, -0.2) is 0 Å². The molecule has 0 aliphatic heterocycles. The molecule has 2 N–H and O–H groups in total. The molecular formula is C17H13N3O3. The number of aromatic nitrogens is 1. The smallest absolute Gasteiger partial charge is 0.291 e. The molecule has 0 aliphatic carbocycles. The molecule has 114 valence electrons. The molecule has 2 heterocycles. The fourth-order valence-corrected chi connectivity index (χ4v) is 1.94. The van der Waals surface area contributed by atoms with E-state index in [4.69, 9.17) is 4.42 Å². The Morgan fingerprint density at radius 3 is 2.00 bits per heavy atom. The average Bonchev–Trinajstić information content (AvgIpc) is 3.12. The van der Waals surface area contributed by atoms with Gasteiger partial charge in [-0.05, 0) is 48.5 Å². The fraction of sp³-hybridized carbons (Fsp3) is 0. The van der Waals surface area contributed by atoms with Gasteiger partial charge in [0.25, 0.3) is 11.8 Å². The maximum Gasteiger partial charge on any atom is 0.291 e. The standard InChI is InChI=1S/C17H13N3O3/c21-16(12-7-9-18-10-8-12)19-13-3-5-14(6-4-13)20-17(22)15-2-1-11-23-15/h1-11H,(H,19,21)(H,20,22). The summed E-state index contributed by atoms with van der Waals surface area (Å²) in [5.74, 6) is -0.316. The SMILES string of the molecule is O=C(Nc1ccc(NC(=O)c2ccco2)cc1)c1ccncc1. The molecule has 0 atom stereocenters. The Labute approximate surface area is 132 Å². The van der Waals surface area contributed by atoms with E-state index in [9.17, 15) is 9.59 Å². The summed E-state index contributed by atoms with van der Waals surface area (Å²) in [7, 11) is 0. The van der Waals surface area contributed by atoms with Crippen molar-refractivity contribution in [2.75, 3.05) is 10.6 Å². The molecule has 3 rings (SSSR count). The summed E-state index contributed by atoms with van der Waals surface area (Å²) >= 11 is 0. The highest BCUT2D eigenvalue weighted by Crippen LogP contribution is 2.15. The lowest BCUT2D eigenvalue weighted by Crippen LogP contribution is -2.12. The lowest BCUT2D eigenvalue weighted by molar-refractivity contribution is 0.0994. The second kappa shape index (κ2) is 6.57. The van der Waals surface area contributed by atoms with Crippen molar-refractivity contribution in [1.29, 1.82) is 0 Å². The van der Waals surface area contributed by atoms with Crippen molar-refractivity contribution in [3.63, 3.8) is 0 Å². The van der Waals surface area contributed by atoms with Gasteiger partial charge in [-0.15, -0.1) is 0 Å². The molecule has 0 saturated heterocycles. The van der Waals surface area contributed by atoms with Crippen LogP contribution in [0.1, 0.15) is 20.9 Å². The molecule has 0 fully saturated rings. The van der Waals surface area contributed by atoms with Gasteiger partial charge < -0.3 is 15.1 Å². The normalized spacial score (nSPS) is 10.1. The van der Waals surface area contributed by atoms with Crippen LogP contribution in [0.15, 0.2) is 71.6 Å². The molecule has 3 aromatic rings. The van der Waals surface area contributed by atoms with E-state index in [-0.39, 0.29) is 17.6 Å². The number of pyridine rings is 1. The predicted octanol–water partition coefficient (Wildman–Crippen LogP) is 3.18. The van der Waals surface area contributed by atoms with Gasteiger partial charge in [-0.2, -0.15) is 0 Å². The second-order valence-electron chi connectivity index (χ2n) is 4.70. The topological polar surface area (TPSA) is 84.2 Å². The van der Waals surface area contributed by atoms with Gasteiger partial charge in [0, 0.05) is 29.3 Å². The quantitative estimate of drug-likeness (QED) is 0.775. The van der Waals surface area contributed by atoms with E-state index < -0.39 is 0 Å². The third kappa shape index (κ3) is 3.62. The van der Waals surface area contributed by atoms with Gasteiger partial charge in [0.1, 0.15) is 0 Å². The zero-order chi connectivity index (χ0) is 16.1. The number of nitrogens with one attached hydrogen (secondary N) is 2. The molecule has 6 heteroatoms. The first-order valence-electron chi connectivity index (χ1n) is 6.89. The Bertz CT molecular complexity index is 797. The number of anilines is 2. The number of furan rings is 1. The molecular weight excluding hydrogens is 294 g/mol. The first-order chi connectivity index (χ1) is 11.2. The van der Waals surface area contributed by atoms with Crippen LogP contribution in [-0.4, -0.2) is 16.8 Å². The first kappa shape index (κ1) is 14.5. The molecule has 0 aliphatic rings. The second-order valence-corrected chi connectivity index (χ2v) is 4.70. The number of nitrogens with zero attached hydrogens (tertiary/aromatic N) is 1. The average molecular weight is 307 g/mol. The highest BCUT2D eigenvalue weighted by molar-refractivity contribution is 6.04. The van der Waals surface area contributed by atoms with Crippen LogP contribution in [0.4, 0.5) is 11.4 Å². The minimum atomic E-state index is -0.330. The minimum Gasteiger partial charge on any atom is -0.459 e. The van der Waals surface area contributed by atoms with Crippen LogP contribution >= 0.6 is 0 Å². The van der Waals surface area contributed by atoms with Crippen LogP contribution in [0.2, 0.25) is 0 Å². The lowest BCUT2D eigenvalue weighted by atomic mass is 10.2. The van der Waals surface area contributed by atoms with Crippen LogP contribution in [-0.2, 0) is 0 Å². The van der Waals surface area contributed by atoms with E-state index in [1.165, 1.54) is 6.26 Å². The third-order valence-electron chi connectivity index (χ3n) is 3.09. The highest BCUT2D eigenvalue weighted by Gasteiger charge is 2.09. The van der Waals surface area contributed by atoms with Gasteiger partial charge in [0.2, 0.25) is 0 Å². The number of hydrogen-bond acceptors (Lipinski definition) is 4. The Morgan fingerprint density at radius 1 is 0.826 bits per heavy atom. The molecule has 1 aromatic carbocycles. The Hall–Kier alpha value is -3.41. The van der Waals surface area contributed by atoms with Crippen molar-refractivity contribution in [3.05, 3.63) is 78.5 Å². The fourth-order valence-electron chi connectivity index (χ4n) is 1.94. The molecule has 0 bridgehead atoms. The molecule has 23 heavy (non-hydrogen) atoms. The van der Waals surface area contributed by atoms with Crippen LogP contribution < -0.4 is 10.6 Å². The van der Waals surface area contributed by atoms with E-state index in [2.05, 4.69) is 15.6 Å². The molecule has 2 aromatic heterocycles. The van der Waals surface area contributed by atoms with Gasteiger partial charge >= 0.3 is 0 Å². The van der Waals surface area contributed by atoms with Crippen molar-refractivity contribution in [2.24, 2.45) is 0 Å². The van der Waals surface area contributed by atoms with Gasteiger partial charge in [-0.3, -0.25) is 14.6 Å². The van der Waals surface area contributed by atoms with Crippen molar-refractivity contribution < 1.29 is 14.0 Å². The molecule has 2 amide bonds. The number of amides is 2. The monoisotopic (exact) mass is 307 g/mol. The number of carbonyl (C=O) groups excluding carboxylic acids is 2. The predicted molar refractivity (Wildman–Crippen MR) is 85.3 cm³/mol. The zero-order valence-corrected chi connectivity index (χ0v) is 12.0. The maximum absolute atomic E-state index is 12.0. The van der Waals surface area contributed by atoms with Crippen LogP contribution in [0.3, 0.4) is 0 Å². The van der Waals surface area contributed by atoms with Crippen LogP contribution in [0.5, 0.6) is 0 Å². The molecule has 6 nitrogen and oxygen atoms in total. The number of hydrogen-bond donors (Lipinski definition) is 2. The van der Waals surface area contributed by atoms with E-state index in [1.807, 2.05) is 0 Å². The Morgan fingerprint density at radius 2 is 1.43 bits per heavy atom. The van der Waals surface area contributed by atoms with Crippen molar-refractivity contribution in [1.82, 2.24) is 4.98 Å². The molecule has 0 saturated carbocycles. The van der Waals surface area contributed by atoms with Gasteiger partial charge in [-0.1, -0.05) is 0 Å². The lowest BCUT2D eigenvalue weighted by Gasteiger charge is -2.07. The summed E-state index contributed by atoms with van der Waals surface area (Å²) in [6, 6.07) is 13.3. The summed E-state index contributed by atoms with van der Waals surface area (Å²) < 4.78 is 5.02. The summed E-state index contributed by atoms with van der Waals surface area (Å²) in [5, 5.41) is 5.47. The molecule has 0 radical (unpaired) electrons. The summed E-state index contributed by atoms with van der Waals surface area (Å²) in [4.78, 5) is 27.7. The van der Waals surface area contributed by atoms with E-state index >= 15 is 0 Å².